The van der Waals surface area contributed by atoms with E-state index >= 15 is 0 Å². The van der Waals surface area contributed by atoms with E-state index in [2.05, 4.69) is 15.7 Å². The van der Waals surface area contributed by atoms with E-state index in [-0.39, 0.29) is 0 Å². The van der Waals surface area contributed by atoms with Gasteiger partial charge < -0.3 is 10.6 Å². The van der Waals surface area contributed by atoms with Crippen molar-refractivity contribution in [2.45, 2.75) is 13.5 Å². The lowest BCUT2D eigenvalue weighted by atomic mass is 10.3. The summed E-state index contributed by atoms with van der Waals surface area (Å²) >= 11 is 23.5. The first kappa shape index (κ1) is 19.0. The Labute approximate surface area is 172 Å². The molecule has 1 heterocycles. The number of benzene rings is 2. The first-order valence-electron chi connectivity index (χ1n) is 7.74. The topological polar surface area (TPSA) is 41.9 Å². The first-order chi connectivity index (χ1) is 12.4. The van der Waals surface area contributed by atoms with Gasteiger partial charge in [0.15, 0.2) is 5.11 Å². The number of rotatable bonds is 4. The Morgan fingerprint density at radius 3 is 2.58 bits per heavy atom. The van der Waals surface area contributed by atoms with Gasteiger partial charge >= 0.3 is 0 Å². The maximum Gasteiger partial charge on any atom is 0.171 e. The molecule has 0 aliphatic rings. The standard InChI is InChI=1S/C18H15Cl3N4S/c1-11-9-14(25(24-11)13-7-5-12(19)6-8-13)10-22-18(26)23-16-4-2-3-15(20)17(16)21/h2-9H,10H2,1H3,(H2,22,23,26). The molecule has 0 aliphatic carbocycles. The maximum atomic E-state index is 6.17. The minimum Gasteiger partial charge on any atom is -0.357 e. The van der Waals surface area contributed by atoms with Crippen LogP contribution in [0.15, 0.2) is 48.5 Å². The number of hydrogen-bond donors (Lipinski definition) is 2. The van der Waals surface area contributed by atoms with Crippen LogP contribution >= 0.6 is 47.0 Å². The van der Waals surface area contributed by atoms with E-state index in [9.17, 15) is 0 Å². The Morgan fingerprint density at radius 1 is 1.12 bits per heavy atom. The third-order valence-corrected chi connectivity index (χ3v) is 4.92. The number of thiocarbonyl (C=S) groups is 1. The fraction of sp³-hybridized carbons (Fsp3) is 0.111. The van der Waals surface area contributed by atoms with Crippen molar-refractivity contribution >= 4 is 57.8 Å². The van der Waals surface area contributed by atoms with Gasteiger partial charge in [0.1, 0.15) is 0 Å². The molecule has 0 aliphatic heterocycles. The Kier molecular flexibility index (Phi) is 6.04. The number of hydrogen-bond acceptors (Lipinski definition) is 2. The van der Waals surface area contributed by atoms with E-state index in [1.807, 2.05) is 48.0 Å². The van der Waals surface area contributed by atoms with Crippen molar-refractivity contribution in [3.05, 3.63) is 75.0 Å². The van der Waals surface area contributed by atoms with Crippen molar-refractivity contribution in [2.24, 2.45) is 0 Å². The second-order valence-corrected chi connectivity index (χ2v) is 7.20. The lowest BCUT2D eigenvalue weighted by Gasteiger charge is -2.13. The molecule has 0 bridgehead atoms. The first-order valence-corrected chi connectivity index (χ1v) is 9.28. The summed E-state index contributed by atoms with van der Waals surface area (Å²) in [4.78, 5) is 0. The highest BCUT2D eigenvalue weighted by atomic mass is 35.5. The second-order valence-electron chi connectivity index (χ2n) is 5.57. The predicted octanol–water partition coefficient (Wildman–Crippen LogP) is 5.63. The van der Waals surface area contributed by atoms with E-state index in [1.54, 1.807) is 12.1 Å². The van der Waals surface area contributed by atoms with Gasteiger partial charge in [0, 0.05) is 5.02 Å². The Hall–Kier alpha value is -1.79. The van der Waals surface area contributed by atoms with Crippen LogP contribution in [0.1, 0.15) is 11.4 Å². The highest BCUT2D eigenvalue weighted by molar-refractivity contribution is 7.80. The molecule has 8 heteroatoms. The van der Waals surface area contributed by atoms with Gasteiger partial charge in [-0.05, 0) is 61.6 Å². The van der Waals surface area contributed by atoms with Crippen LogP contribution < -0.4 is 10.6 Å². The van der Waals surface area contributed by atoms with E-state index in [4.69, 9.17) is 47.0 Å². The highest BCUT2D eigenvalue weighted by Crippen LogP contribution is 2.29. The van der Waals surface area contributed by atoms with Crippen LogP contribution in [0.25, 0.3) is 5.69 Å². The molecule has 4 nitrogen and oxygen atoms in total. The van der Waals surface area contributed by atoms with Gasteiger partial charge in [-0.1, -0.05) is 40.9 Å². The molecule has 0 saturated carbocycles. The summed E-state index contributed by atoms with van der Waals surface area (Å²) in [5.74, 6) is 0. The quantitative estimate of drug-likeness (QED) is 0.532. The zero-order chi connectivity index (χ0) is 18.7. The fourth-order valence-corrected chi connectivity index (χ4v) is 3.08. The lowest BCUT2D eigenvalue weighted by molar-refractivity contribution is 0.766. The molecule has 0 saturated heterocycles. The molecular formula is C18H15Cl3N4S. The summed E-state index contributed by atoms with van der Waals surface area (Å²) in [6, 6.07) is 14.8. The highest BCUT2D eigenvalue weighted by Gasteiger charge is 2.10. The van der Waals surface area contributed by atoms with Crippen LogP contribution in [0.3, 0.4) is 0 Å². The predicted molar refractivity (Wildman–Crippen MR) is 113 cm³/mol. The fourth-order valence-electron chi connectivity index (χ4n) is 2.42. The molecule has 1 aromatic heterocycles. The van der Waals surface area contributed by atoms with Crippen LogP contribution in [-0.4, -0.2) is 14.9 Å². The van der Waals surface area contributed by atoms with Crippen molar-refractivity contribution in [1.29, 1.82) is 0 Å². The van der Waals surface area contributed by atoms with Gasteiger partial charge in [0.25, 0.3) is 0 Å². The SMILES string of the molecule is Cc1cc(CNC(=S)Nc2cccc(Cl)c2Cl)n(-c2ccc(Cl)cc2)n1. The van der Waals surface area contributed by atoms with Gasteiger partial charge in [0.05, 0.1) is 39.4 Å². The number of aromatic nitrogens is 2. The number of nitrogens with one attached hydrogen (secondary N) is 2. The molecule has 0 spiro atoms. The van der Waals surface area contributed by atoms with Gasteiger partial charge in [-0.25, -0.2) is 4.68 Å². The maximum absolute atomic E-state index is 6.17. The molecule has 3 aromatic rings. The van der Waals surface area contributed by atoms with E-state index in [1.165, 1.54) is 0 Å². The zero-order valence-corrected chi connectivity index (χ0v) is 16.8. The normalized spacial score (nSPS) is 10.6. The largest absolute Gasteiger partial charge is 0.357 e. The van der Waals surface area contributed by atoms with Crippen LogP contribution in [-0.2, 0) is 6.54 Å². The summed E-state index contributed by atoms with van der Waals surface area (Å²) in [5.41, 5.74) is 3.45. The van der Waals surface area contributed by atoms with Gasteiger partial charge in [-0.2, -0.15) is 5.10 Å². The number of anilines is 1. The third-order valence-electron chi connectivity index (χ3n) is 3.61. The van der Waals surface area contributed by atoms with Crippen LogP contribution in [0, 0.1) is 6.92 Å². The summed E-state index contributed by atoms with van der Waals surface area (Å²) in [5, 5.41) is 12.8. The molecule has 134 valence electrons. The monoisotopic (exact) mass is 424 g/mol. The molecule has 0 radical (unpaired) electrons. The molecule has 2 N–H and O–H groups in total. The molecule has 26 heavy (non-hydrogen) atoms. The molecule has 0 fully saturated rings. The number of nitrogens with zero attached hydrogens (tertiary/aromatic N) is 2. The third kappa shape index (κ3) is 4.48. The molecular weight excluding hydrogens is 411 g/mol. The van der Waals surface area contributed by atoms with Gasteiger partial charge in [0.2, 0.25) is 0 Å². The van der Waals surface area contributed by atoms with Crippen molar-refractivity contribution in [3.8, 4) is 5.69 Å². The van der Waals surface area contributed by atoms with Crippen LogP contribution in [0.2, 0.25) is 15.1 Å². The van der Waals surface area contributed by atoms with Crippen molar-refractivity contribution in [2.75, 3.05) is 5.32 Å². The number of aryl methyl sites for hydroxylation is 1. The van der Waals surface area contributed by atoms with Crippen molar-refractivity contribution in [3.63, 3.8) is 0 Å². The smallest absolute Gasteiger partial charge is 0.171 e. The van der Waals surface area contributed by atoms with Crippen molar-refractivity contribution in [1.82, 2.24) is 15.1 Å². The second kappa shape index (κ2) is 8.27. The average molecular weight is 426 g/mol. The zero-order valence-electron chi connectivity index (χ0n) is 13.8. The molecule has 2 aromatic carbocycles. The van der Waals surface area contributed by atoms with Gasteiger partial charge in [-0.15, -0.1) is 0 Å². The average Bonchev–Trinajstić information content (AvgIpc) is 2.98. The number of halogens is 3. The molecule has 0 amide bonds. The lowest BCUT2D eigenvalue weighted by Crippen LogP contribution is -2.28. The van der Waals surface area contributed by atoms with Gasteiger partial charge in [-0.3, -0.25) is 0 Å². The summed E-state index contributed by atoms with van der Waals surface area (Å²) in [6.45, 7) is 2.44. The Balaban J connectivity index is 1.71. The minimum atomic E-state index is 0.431. The molecule has 0 atom stereocenters. The van der Waals surface area contributed by atoms with E-state index < -0.39 is 0 Å². The summed E-state index contributed by atoms with van der Waals surface area (Å²) in [6.07, 6.45) is 0. The van der Waals surface area contributed by atoms with Crippen LogP contribution in [0.5, 0.6) is 0 Å². The molecule has 0 unspecified atom stereocenters. The molecule has 3 rings (SSSR count). The van der Waals surface area contributed by atoms with Crippen molar-refractivity contribution < 1.29 is 0 Å². The van der Waals surface area contributed by atoms with E-state index in [0.29, 0.717) is 32.4 Å². The minimum absolute atomic E-state index is 0.431. The summed E-state index contributed by atoms with van der Waals surface area (Å²) in [7, 11) is 0. The summed E-state index contributed by atoms with van der Waals surface area (Å²) < 4.78 is 1.85. The Morgan fingerprint density at radius 2 is 1.85 bits per heavy atom. The van der Waals surface area contributed by atoms with Crippen LogP contribution in [0.4, 0.5) is 5.69 Å². The Bertz CT molecular complexity index is 938. The van der Waals surface area contributed by atoms with E-state index in [0.717, 1.165) is 17.1 Å².